The Bertz CT molecular complexity index is 384. The van der Waals surface area contributed by atoms with Crippen LogP contribution in [0.4, 0.5) is 0 Å². The predicted molar refractivity (Wildman–Crippen MR) is 69.5 cm³/mol. The zero-order valence-corrected chi connectivity index (χ0v) is 10.2. The van der Waals surface area contributed by atoms with Crippen molar-refractivity contribution in [3.05, 3.63) is 46.5 Å². The standard InChI is InChI=1S/C14H18ClN/c15-13-9-5-4-8-12(13)14(16)10-11-6-2-1-3-7-11/h4-6,8-9,14H,1-3,7,10,16H2. The maximum absolute atomic E-state index is 6.20. The van der Waals surface area contributed by atoms with Crippen LogP contribution in [-0.2, 0) is 0 Å². The largest absolute Gasteiger partial charge is 0.324 e. The monoisotopic (exact) mass is 235 g/mol. The fourth-order valence-corrected chi connectivity index (χ4v) is 2.53. The minimum absolute atomic E-state index is 0.0399. The summed E-state index contributed by atoms with van der Waals surface area (Å²) in [6, 6.07) is 7.91. The van der Waals surface area contributed by atoms with E-state index in [0.717, 1.165) is 17.0 Å². The van der Waals surface area contributed by atoms with Crippen LogP contribution in [0.1, 0.15) is 43.7 Å². The summed E-state index contributed by atoms with van der Waals surface area (Å²) in [7, 11) is 0. The Labute approximate surface area is 102 Å². The van der Waals surface area contributed by atoms with Gasteiger partial charge in [0.25, 0.3) is 0 Å². The molecule has 0 aromatic heterocycles. The molecule has 2 N–H and O–H groups in total. The van der Waals surface area contributed by atoms with E-state index in [-0.39, 0.29) is 6.04 Å². The Balaban J connectivity index is 2.05. The van der Waals surface area contributed by atoms with Gasteiger partial charge in [0.05, 0.1) is 0 Å². The maximum Gasteiger partial charge on any atom is 0.0453 e. The fraction of sp³-hybridized carbons (Fsp3) is 0.429. The van der Waals surface area contributed by atoms with Crippen LogP contribution in [0.2, 0.25) is 5.02 Å². The average molecular weight is 236 g/mol. The zero-order chi connectivity index (χ0) is 11.4. The van der Waals surface area contributed by atoms with Gasteiger partial charge in [0.1, 0.15) is 0 Å². The van der Waals surface area contributed by atoms with E-state index in [9.17, 15) is 0 Å². The molecule has 0 saturated heterocycles. The highest BCUT2D eigenvalue weighted by Gasteiger charge is 2.13. The van der Waals surface area contributed by atoms with Crippen LogP contribution in [0.15, 0.2) is 35.9 Å². The first kappa shape index (κ1) is 11.7. The first-order chi connectivity index (χ1) is 7.77. The first-order valence-electron chi connectivity index (χ1n) is 5.95. The summed E-state index contributed by atoms with van der Waals surface area (Å²) in [5, 5.41) is 0.784. The van der Waals surface area contributed by atoms with Gasteiger partial charge in [-0.15, -0.1) is 0 Å². The van der Waals surface area contributed by atoms with E-state index >= 15 is 0 Å². The van der Waals surface area contributed by atoms with Gasteiger partial charge < -0.3 is 5.73 Å². The predicted octanol–water partition coefficient (Wildman–Crippen LogP) is 4.23. The molecule has 0 amide bonds. The summed E-state index contributed by atoms with van der Waals surface area (Å²) < 4.78 is 0. The molecule has 0 radical (unpaired) electrons. The van der Waals surface area contributed by atoms with Gasteiger partial charge in [0, 0.05) is 11.1 Å². The molecule has 1 aliphatic carbocycles. The highest BCUT2D eigenvalue weighted by Crippen LogP contribution is 2.29. The molecule has 0 bridgehead atoms. The Morgan fingerprint density at radius 3 is 2.75 bits per heavy atom. The van der Waals surface area contributed by atoms with Crippen LogP contribution in [-0.4, -0.2) is 0 Å². The van der Waals surface area contributed by atoms with Crippen molar-refractivity contribution in [1.82, 2.24) is 0 Å². The number of nitrogens with two attached hydrogens (primary N) is 1. The van der Waals surface area contributed by atoms with E-state index in [2.05, 4.69) is 6.08 Å². The molecule has 2 rings (SSSR count). The van der Waals surface area contributed by atoms with Crippen molar-refractivity contribution >= 4 is 11.6 Å². The summed E-state index contributed by atoms with van der Waals surface area (Å²) in [5.41, 5.74) is 8.77. The molecule has 1 aromatic carbocycles. The van der Waals surface area contributed by atoms with Crippen molar-refractivity contribution in [3.8, 4) is 0 Å². The van der Waals surface area contributed by atoms with Gasteiger partial charge in [-0.25, -0.2) is 0 Å². The third-order valence-electron chi connectivity index (χ3n) is 3.17. The highest BCUT2D eigenvalue weighted by atomic mass is 35.5. The van der Waals surface area contributed by atoms with Gasteiger partial charge in [0.2, 0.25) is 0 Å². The van der Waals surface area contributed by atoms with E-state index in [4.69, 9.17) is 17.3 Å². The summed E-state index contributed by atoms with van der Waals surface area (Å²) in [6.45, 7) is 0. The van der Waals surface area contributed by atoms with E-state index in [0.29, 0.717) is 0 Å². The maximum atomic E-state index is 6.20. The molecule has 1 unspecified atom stereocenters. The molecule has 1 aromatic rings. The minimum Gasteiger partial charge on any atom is -0.324 e. The van der Waals surface area contributed by atoms with Crippen LogP contribution in [0.25, 0.3) is 0 Å². The van der Waals surface area contributed by atoms with Gasteiger partial charge in [0.15, 0.2) is 0 Å². The van der Waals surface area contributed by atoms with Crippen LogP contribution in [0.5, 0.6) is 0 Å². The smallest absolute Gasteiger partial charge is 0.0453 e. The molecule has 1 aliphatic rings. The molecule has 16 heavy (non-hydrogen) atoms. The third-order valence-corrected chi connectivity index (χ3v) is 3.52. The summed E-state index contributed by atoms with van der Waals surface area (Å²) >= 11 is 6.14. The van der Waals surface area contributed by atoms with Crippen LogP contribution >= 0.6 is 11.6 Å². The lowest BCUT2D eigenvalue weighted by Gasteiger charge is -2.18. The van der Waals surface area contributed by atoms with E-state index < -0.39 is 0 Å². The number of halogens is 1. The molecular formula is C14H18ClN. The first-order valence-corrected chi connectivity index (χ1v) is 6.33. The SMILES string of the molecule is NC(CC1=CCCCC1)c1ccccc1Cl. The number of allylic oxidation sites excluding steroid dienone is 1. The Hall–Kier alpha value is -0.790. The summed E-state index contributed by atoms with van der Waals surface area (Å²) in [4.78, 5) is 0. The number of hydrogen-bond acceptors (Lipinski definition) is 1. The number of benzene rings is 1. The van der Waals surface area contributed by atoms with Crippen molar-refractivity contribution in [3.63, 3.8) is 0 Å². The lowest BCUT2D eigenvalue weighted by Crippen LogP contribution is -2.12. The highest BCUT2D eigenvalue weighted by molar-refractivity contribution is 6.31. The lowest BCUT2D eigenvalue weighted by atomic mass is 9.92. The molecule has 86 valence electrons. The Kier molecular flexibility index (Phi) is 4.03. The zero-order valence-electron chi connectivity index (χ0n) is 9.45. The summed E-state index contributed by atoms with van der Waals surface area (Å²) in [5.74, 6) is 0. The molecule has 0 fully saturated rings. The molecule has 0 saturated carbocycles. The van der Waals surface area contributed by atoms with E-state index in [1.54, 1.807) is 0 Å². The number of rotatable bonds is 3. The van der Waals surface area contributed by atoms with Crippen LogP contribution in [0.3, 0.4) is 0 Å². The van der Waals surface area contributed by atoms with Gasteiger partial charge >= 0.3 is 0 Å². The second-order valence-corrected chi connectivity index (χ2v) is 4.85. The Morgan fingerprint density at radius 1 is 1.25 bits per heavy atom. The molecule has 1 atom stereocenters. The van der Waals surface area contributed by atoms with Gasteiger partial charge in [-0.1, -0.05) is 41.4 Å². The average Bonchev–Trinajstić information content (AvgIpc) is 2.31. The van der Waals surface area contributed by atoms with Crippen LogP contribution < -0.4 is 5.73 Å². The molecule has 0 aliphatic heterocycles. The minimum atomic E-state index is 0.0399. The van der Waals surface area contributed by atoms with Crippen molar-refractivity contribution < 1.29 is 0 Å². The Morgan fingerprint density at radius 2 is 2.06 bits per heavy atom. The summed E-state index contributed by atoms with van der Waals surface area (Å²) in [6.07, 6.45) is 8.35. The van der Waals surface area contributed by atoms with Crippen molar-refractivity contribution in [1.29, 1.82) is 0 Å². The van der Waals surface area contributed by atoms with Crippen molar-refractivity contribution in [2.75, 3.05) is 0 Å². The van der Waals surface area contributed by atoms with E-state index in [1.807, 2.05) is 24.3 Å². The quantitative estimate of drug-likeness (QED) is 0.780. The molecular weight excluding hydrogens is 218 g/mol. The normalized spacial score (nSPS) is 18.0. The molecule has 0 spiro atoms. The van der Waals surface area contributed by atoms with Gasteiger partial charge in [-0.3, -0.25) is 0 Å². The van der Waals surface area contributed by atoms with Gasteiger partial charge in [-0.2, -0.15) is 0 Å². The molecule has 0 heterocycles. The second kappa shape index (κ2) is 5.51. The lowest BCUT2D eigenvalue weighted by molar-refractivity contribution is 0.628. The van der Waals surface area contributed by atoms with Gasteiger partial charge in [-0.05, 0) is 43.7 Å². The second-order valence-electron chi connectivity index (χ2n) is 4.44. The molecule has 1 nitrogen and oxygen atoms in total. The number of hydrogen-bond donors (Lipinski definition) is 1. The third kappa shape index (κ3) is 2.87. The van der Waals surface area contributed by atoms with E-state index in [1.165, 1.54) is 31.3 Å². The topological polar surface area (TPSA) is 26.0 Å². The fourth-order valence-electron chi connectivity index (χ4n) is 2.26. The van der Waals surface area contributed by atoms with Crippen molar-refractivity contribution in [2.24, 2.45) is 5.73 Å². The van der Waals surface area contributed by atoms with Crippen molar-refractivity contribution in [2.45, 2.75) is 38.1 Å². The molecule has 2 heteroatoms. The van der Waals surface area contributed by atoms with Crippen LogP contribution in [0, 0.1) is 0 Å².